The van der Waals surface area contributed by atoms with Crippen molar-refractivity contribution in [1.82, 2.24) is 5.16 Å². The number of nitrogens with zero attached hydrogens (tertiary/aromatic N) is 1. The van der Waals surface area contributed by atoms with Gasteiger partial charge in [-0.15, -0.1) is 0 Å². The Labute approximate surface area is 199 Å². The van der Waals surface area contributed by atoms with Crippen LogP contribution in [-0.4, -0.2) is 16.2 Å². The zero-order valence-electron chi connectivity index (χ0n) is 19.3. The van der Waals surface area contributed by atoms with Crippen molar-refractivity contribution in [3.05, 3.63) is 101 Å². The molecule has 3 aromatic carbocycles. The van der Waals surface area contributed by atoms with Crippen molar-refractivity contribution < 1.29 is 19.2 Å². The van der Waals surface area contributed by atoms with Crippen LogP contribution in [0, 0.1) is 6.92 Å². The van der Waals surface area contributed by atoms with E-state index in [1.54, 1.807) is 0 Å². The van der Waals surface area contributed by atoms with Gasteiger partial charge in [0, 0.05) is 11.1 Å². The monoisotopic (exact) mass is 453 g/mol. The predicted octanol–water partition coefficient (Wildman–Crippen LogP) is 6.71. The van der Waals surface area contributed by atoms with Gasteiger partial charge >= 0.3 is 5.97 Å². The summed E-state index contributed by atoms with van der Waals surface area (Å²) in [6, 6.07) is 26.1. The van der Waals surface area contributed by atoms with Crippen molar-refractivity contribution in [2.45, 2.75) is 44.8 Å². The van der Waals surface area contributed by atoms with Gasteiger partial charge in [0.2, 0.25) is 0 Å². The van der Waals surface area contributed by atoms with Crippen LogP contribution in [0.15, 0.2) is 83.4 Å². The van der Waals surface area contributed by atoms with Gasteiger partial charge in [0.1, 0.15) is 0 Å². The highest BCUT2D eigenvalue weighted by atomic mass is 16.5. The average molecular weight is 454 g/mol. The van der Waals surface area contributed by atoms with Crippen LogP contribution in [0.1, 0.15) is 48.3 Å². The van der Waals surface area contributed by atoms with Gasteiger partial charge in [-0.05, 0) is 48.9 Å². The Morgan fingerprint density at radius 1 is 0.971 bits per heavy atom. The molecule has 1 aliphatic rings. The zero-order chi connectivity index (χ0) is 23.7. The first-order chi connectivity index (χ1) is 16.5. The lowest BCUT2D eigenvalue weighted by molar-refractivity contribution is -0.140. The Morgan fingerprint density at radius 3 is 2.15 bits per heavy atom. The first-order valence-corrected chi connectivity index (χ1v) is 11.5. The maximum absolute atomic E-state index is 11.6. The number of aromatic nitrogens is 1. The lowest BCUT2D eigenvalue weighted by atomic mass is 9.93. The Hall–Kier alpha value is -3.70. The van der Waals surface area contributed by atoms with Gasteiger partial charge in [0.05, 0.1) is 23.8 Å². The second-order valence-corrected chi connectivity index (χ2v) is 8.98. The van der Waals surface area contributed by atoms with Crippen molar-refractivity contribution in [2.24, 2.45) is 0 Å². The highest BCUT2D eigenvalue weighted by molar-refractivity contribution is 5.85. The Balaban J connectivity index is 1.32. The number of benzene rings is 3. The van der Waals surface area contributed by atoms with Crippen molar-refractivity contribution in [3.63, 3.8) is 0 Å². The molecule has 34 heavy (non-hydrogen) atoms. The van der Waals surface area contributed by atoms with Crippen LogP contribution in [0.5, 0.6) is 0 Å². The molecule has 1 aromatic heterocycles. The molecule has 4 aromatic rings. The molecule has 0 radical (unpaired) electrons. The standard InChI is InChI=1S/C29H27NO4/c1-19-26(18-33-20(2)21-6-4-3-5-7-21)27(34-30-19)24-10-8-22(9-11-24)23-12-14-25(15-13-23)29(16-17-29)28(31)32/h3-15,20H,16-18H2,1-2H3,(H,31,32). The molecule has 1 aliphatic carbocycles. The van der Waals surface area contributed by atoms with Gasteiger partial charge in [-0.2, -0.15) is 0 Å². The normalized spacial score (nSPS) is 15.1. The number of carboxylic acids is 1. The van der Waals surface area contributed by atoms with Gasteiger partial charge in [0.25, 0.3) is 0 Å². The number of carbonyl (C=O) groups is 1. The van der Waals surface area contributed by atoms with Crippen LogP contribution in [0.4, 0.5) is 0 Å². The number of aryl methyl sites for hydroxylation is 1. The fourth-order valence-electron chi connectivity index (χ4n) is 4.36. The lowest BCUT2D eigenvalue weighted by Crippen LogP contribution is -2.19. The van der Waals surface area contributed by atoms with Gasteiger partial charge < -0.3 is 14.4 Å². The SMILES string of the molecule is Cc1noc(-c2ccc(-c3ccc(C4(C(=O)O)CC4)cc3)cc2)c1COC(C)c1ccccc1. The molecule has 172 valence electrons. The molecule has 0 aliphatic heterocycles. The first-order valence-electron chi connectivity index (χ1n) is 11.5. The minimum Gasteiger partial charge on any atom is -0.481 e. The van der Waals surface area contributed by atoms with E-state index in [1.807, 2.05) is 80.6 Å². The highest BCUT2D eigenvalue weighted by Gasteiger charge is 2.51. The second-order valence-electron chi connectivity index (χ2n) is 8.98. The highest BCUT2D eigenvalue weighted by Crippen LogP contribution is 2.48. The third kappa shape index (κ3) is 4.15. The molecule has 1 N–H and O–H groups in total. The van der Waals surface area contributed by atoms with Crippen LogP contribution in [0.3, 0.4) is 0 Å². The Morgan fingerprint density at radius 2 is 1.56 bits per heavy atom. The summed E-state index contributed by atoms with van der Waals surface area (Å²) in [5.74, 6) is -0.0123. The van der Waals surface area contributed by atoms with E-state index in [0.29, 0.717) is 19.4 Å². The molecule has 1 saturated carbocycles. The van der Waals surface area contributed by atoms with Crippen molar-refractivity contribution in [2.75, 3.05) is 0 Å². The number of carboxylic acid groups (broad SMARTS) is 1. The predicted molar refractivity (Wildman–Crippen MR) is 130 cm³/mol. The molecule has 0 amide bonds. The van der Waals surface area contributed by atoms with E-state index in [1.165, 1.54) is 0 Å². The molecule has 1 heterocycles. The third-order valence-electron chi connectivity index (χ3n) is 6.81. The van der Waals surface area contributed by atoms with Crippen molar-refractivity contribution in [3.8, 4) is 22.5 Å². The zero-order valence-corrected chi connectivity index (χ0v) is 19.3. The first kappa shape index (κ1) is 22.1. The van der Waals surface area contributed by atoms with Crippen molar-refractivity contribution >= 4 is 5.97 Å². The minimum atomic E-state index is -0.732. The van der Waals surface area contributed by atoms with Crippen LogP contribution >= 0.6 is 0 Å². The summed E-state index contributed by atoms with van der Waals surface area (Å²) in [7, 11) is 0. The summed E-state index contributed by atoms with van der Waals surface area (Å²) >= 11 is 0. The smallest absolute Gasteiger partial charge is 0.314 e. The molecule has 0 bridgehead atoms. The molecular formula is C29H27NO4. The van der Waals surface area contributed by atoms with Crippen LogP contribution in [0.25, 0.3) is 22.5 Å². The summed E-state index contributed by atoms with van der Waals surface area (Å²) in [6.07, 6.45) is 1.39. The van der Waals surface area contributed by atoms with Gasteiger partial charge in [-0.1, -0.05) is 84.0 Å². The second kappa shape index (κ2) is 8.92. The summed E-state index contributed by atoms with van der Waals surface area (Å²) in [6.45, 7) is 4.38. The lowest BCUT2D eigenvalue weighted by Gasteiger charge is -2.13. The van der Waals surface area contributed by atoms with E-state index >= 15 is 0 Å². The maximum Gasteiger partial charge on any atom is 0.314 e. The van der Waals surface area contributed by atoms with Gasteiger partial charge in [0.15, 0.2) is 5.76 Å². The Kier molecular flexibility index (Phi) is 5.80. The fourth-order valence-corrected chi connectivity index (χ4v) is 4.36. The van der Waals surface area contributed by atoms with E-state index in [4.69, 9.17) is 9.26 Å². The maximum atomic E-state index is 11.6. The van der Waals surface area contributed by atoms with Gasteiger partial charge in [-0.3, -0.25) is 4.79 Å². The van der Waals surface area contributed by atoms with E-state index in [0.717, 1.165) is 44.8 Å². The molecule has 0 saturated heterocycles. The summed E-state index contributed by atoms with van der Waals surface area (Å²) in [5, 5.41) is 13.7. The molecule has 5 nitrogen and oxygen atoms in total. The van der Waals surface area contributed by atoms with E-state index in [9.17, 15) is 9.90 Å². The number of ether oxygens (including phenoxy) is 1. The average Bonchev–Trinajstić information content (AvgIpc) is 3.61. The van der Waals surface area contributed by atoms with E-state index < -0.39 is 11.4 Å². The molecule has 1 unspecified atom stereocenters. The van der Waals surface area contributed by atoms with Crippen LogP contribution < -0.4 is 0 Å². The number of hydrogen-bond donors (Lipinski definition) is 1. The largest absolute Gasteiger partial charge is 0.481 e. The number of hydrogen-bond acceptors (Lipinski definition) is 4. The summed E-state index contributed by atoms with van der Waals surface area (Å²) < 4.78 is 11.8. The topological polar surface area (TPSA) is 72.6 Å². The van der Waals surface area contributed by atoms with Crippen LogP contribution in [0.2, 0.25) is 0 Å². The fraction of sp³-hybridized carbons (Fsp3) is 0.241. The number of rotatable bonds is 8. The van der Waals surface area contributed by atoms with E-state index in [2.05, 4.69) is 17.3 Å². The quantitative estimate of drug-likeness (QED) is 0.321. The van der Waals surface area contributed by atoms with Crippen molar-refractivity contribution in [1.29, 1.82) is 0 Å². The molecular weight excluding hydrogens is 426 g/mol. The molecule has 5 heteroatoms. The molecule has 1 atom stereocenters. The molecule has 0 spiro atoms. The number of aliphatic carboxylic acids is 1. The van der Waals surface area contributed by atoms with Gasteiger partial charge in [-0.25, -0.2) is 0 Å². The molecule has 5 rings (SSSR count). The Bertz CT molecular complexity index is 1290. The van der Waals surface area contributed by atoms with Crippen LogP contribution in [-0.2, 0) is 21.6 Å². The van der Waals surface area contributed by atoms with E-state index in [-0.39, 0.29) is 6.10 Å². The summed E-state index contributed by atoms with van der Waals surface area (Å²) in [4.78, 5) is 11.6. The molecule has 1 fully saturated rings. The third-order valence-corrected chi connectivity index (χ3v) is 6.81. The summed E-state index contributed by atoms with van der Waals surface area (Å²) in [5.41, 5.74) is 6.15. The minimum absolute atomic E-state index is 0.0374.